The van der Waals surface area contributed by atoms with Gasteiger partial charge in [0.05, 0.1) is 0 Å². The van der Waals surface area contributed by atoms with E-state index in [1.807, 2.05) is 0 Å². The lowest BCUT2D eigenvalue weighted by Crippen LogP contribution is -2.19. The van der Waals surface area contributed by atoms with Crippen molar-refractivity contribution in [1.82, 2.24) is 4.98 Å². The molecular formula is C8H9F2NO. The molecule has 0 fully saturated rings. The average Bonchev–Trinajstić information content (AvgIpc) is 2.05. The number of aromatic nitrogens is 1. The van der Waals surface area contributed by atoms with Gasteiger partial charge in [-0.2, -0.15) is 8.78 Å². The van der Waals surface area contributed by atoms with Crippen molar-refractivity contribution in [3.8, 4) is 0 Å². The SMILES string of the molecule is Cc1ccncc1C(F)(F)CO. The summed E-state index contributed by atoms with van der Waals surface area (Å²) in [5.41, 5.74) is 0.219. The van der Waals surface area contributed by atoms with Gasteiger partial charge in [-0.3, -0.25) is 4.98 Å². The van der Waals surface area contributed by atoms with E-state index in [9.17, 15) is 8.78 Å². The van der Waals surface area contributed by atoms with Crippen molar-refractivity contribution < 1.29 is 13.9 Å². The number of rotatable bonds is 2. The van der Waals surface area contributed by atoms with Crippen molar-refractivity contribution in [2.45, 2.75) is 12.8 Å². The fourth-order valence-electron chi connectivity index (χ4n) is 0.932. The second-order valence-electron chi connectivity index (χ2n) is 2.55. The van der Waals surface area contributed by atoms with Gasteiger partial charge in [-0.05, 0) is 18.6 Å². The number of aliphatic hydroxyl groups excluding tert-OH is 1. The van der Waals surface area contributed by atoms with Crippen molar-refractivity contribution in [2.75, 3.05) is 6.61 Å². The Bertz CT molecular complexity index is 276. The van der Waals surface area contributed by atoms with E-state index in [4.69, 9.17) is 5.11 Å². The maximum absolute atomic E-state index is 12.9. The Morgan fingerprint density at radius 1 is 1.58 bits per heavy atom. The Morgan fingerprint density at radius 2 is 2.25 bits per heavy atom. The second kappa shape index (κ2) is 3.15. The van der Waals surface area contributed by atoms with Gasteiger partial charge >= 0.3 is 0 Å². The molecule has 0 aromatic carbocycles. The molecule has 0 atom stereocenters. The van der Waals surface area contributed by atoms with Crippen molar-refractivity contribution in [1.29, 1.82) is 0 Å². The first-order valence-corrected chi connectivity index (χ1v) is 3.47. The normalized spacial score (nSPS) is 11.7. The summed E-state index contributed by atoms with van der Waals surface area (Å²) in [6, 6.07) is 1.49. The van der Waals surface area contributed by atoms with Crippen LogP contribution in [0.25, 0.3) is 0 Å². The van der Waals surface area contributed by atoms with Gasteiger partial charge in [-0.25, -0.2) is 0 Å². The highest BCUT2D eigenvalue weighted by atomic mass is 19.3. The maximum atomic E-state index is 12.9. The first kappa shape index (κ1) is 9.06. The highest BCUT2D eigenvalue weighted by Crippen LogP contribution is 2.28. The van der Waals surface area contributed by atoms with Crippen LogP contribution in [0.4, 0.5) is 8.78 Å². The van der Waals surface area contributed by atoms with E-state index in [1.165, 1.54) is 12.3 Å². The first-order valence-electron chi connectivity index (χ1n) is 3.47. The average molecular weight is 173 g/mol. The van der Waals surface area contributed by atoms with Gasteiger partial charge in [0, 0.05) is 18.0 Å². The summed E-state index contributed by atoms with van der Waals surface area (Å²) in [4.78, 5) is 3.57. The topological polar surface area (TPSA) is 33.1 Å². The van der Waals surface area contributed by atoms with Gasteiger partial charge in [0.1, 0.15) is 6.61 Å². The molecular weight excluding hydrogens is 164 g/mol. The molecule has 1 heterocycles. The molecule has 12 heavy (non-hydrogen) atoms. The predicted octanol–water partition coefficient (Wildman–Crippen LogP) is 1.47. The summed E-state index contributed by atoms with van der Waals surface area (Å²) in [6.07, 6.45) is 2.51. The quantitative estimate of drug-likeness (QED) is 0.734. The van der Waals surface area contributed by atoms with Crippen molar-refractivity contribution in [3.05, 3.63) is 29.6 Å². The maximum Gasteiger partial charge on any atom is 0.297 e. The summed E-state index contributed by atoms with van der Waals surface area (Å²) in [5.74, 6) is -3.18. The molecule has 1 N–H and O–H groups in total. The molecule has 0 radical (unpaired) electrons. The molecule has 2 nitrogen and oxygen atoms in total. The van der Waals surface area contributed by atoms with Gasteiger partial charge in [0.25, 0.3) is 5.92 Å². The number of nitrogens with zero attached hydrogens (tertiary/aromatic N) is 1. The second-order valence-corrected chi connectivity index (χ2v) is 2.55. The highest BCUT2D eigenvalue weighted by molar-refractivity contribution is 5.25. The number of halogens is 2. The molecule has 1 aromatic rings. The predicted molar refractivity (Wildman–Crippen MR) is 40.0 cm³/mol. The van der Waals surface area contributed by atoms with Crippen LogP contribution in [-0.4, -0.2) is 16.7 Å². The number of aryl methyl sites for hydroxylation is 1. The Labute approximate surface area is 68.9 Å². The Kier molecular flexibility index (Phi) is 2.38. The van der Waals surface area contributed by atoms with Crippen LogP contribution in [0.2, 0.25) is 0 Å². The van der Waals surface area contributed by atoms with Crippen LogP contribution in [-0.2, 0) is 5.92 Å². The van der Waals surface area contributed by atoms with E-state index in [-0.39, 0.29) is 5.56 Å². The fourth-order valence-corrected chi connectivity index (χ4v) is 0.932. The highest BCUT2D eigenvalue weighted by Gasteiger charge is 2.32. The smallest absolute Gasteiger partial charge is 0.297 e. The van der Waals surface area contributed by atoms with Crippen LogP contribution >= 0.6 is 0 Å². The van der Waals surface area contributed by atoms with E-state index in [0.29, 0.717) is 5.56 Å². The zero-order valence-electron chi connectivity index (χ0n) is 6.59. The van der Waals surface area contributed by atoms with E-state index < -0.39 is 12.5 Å². The summed E-state index contributed by atoms with van der Waals surface area (Å²) >= 11 is 0. The molecule has 1 rings (SSSR count). The lowest BCUT2D eigenvalue weighted by atomic mass is 10.1. The molecule has 0 bridgehead atoms. The van der Waals surface area contributed by atoms with Crippen molar-refractivity contribution in [2.24, 2.45) is 0 Å². The third-order valence-electron chi connectivity index (χ3n) is 1.63. The number of aliphatic hydroxyl groups is 1. The van der Waals surface area contributed by atoms with Crippen LogP contribution in [0, 0.1) is 6.92 Å². The third-order valence-corrected chi connectivity index (χ3v) is 1.63. The third kappa shape index (κ3) is 1.58. The molecule has 0 aliphatic heterocycles. The Balaban J connectivity index is 3.10. The molecule has 4 heteroatoms. The first-order chi connectivity index (χ1) is 5.58. The Morgan fingerprint density at radius 3 is 2.75 bits per heavy atom. The molecule has 1 aromatic heterocycles. The lowest BCUT2D eigenvalue weighted by Gasteiger charge is -2.14. The summed E-state index contributed by atoms with van der Waals surface area (Å²) < 4.78 is 25.7. The minimum absolute atomic E-state index is 0.215. The van der Waals surface area contributed by atoms with Crippen LogP contribution in [0.1, 0.15) is 11.1 Å². The van der Waals surface area contributed by atoms with Crippen molar-refractivity contribution >= 4 is 0 Å². The van der Waals surface area contributed by atoms with Crippen LogP contribution < -0.4 is 0 Å². The number of pyridine rings is 1. The van der Waals surface area contributed by atoms with Crippen molar-refractivity contribution in [3.63, 3.8) is 0 Å². The van der Waals surface area contributed by atoms with Gasteiger partial charge in [0.2, 0.25) is 0 Å². The minimum Gasteiger partial charge on any atom is -0.390 e. The largest absolute Gasteiger partial charge is 0.390 e. The molecule has 0 unspecified atom stereocenters. The minimum atomic E-state index is -3.18. The number of hydrogen-bond acceptors (Lipinski definition) is 2. The fraction of sp³-hybridized carbons (Fsp3) is 0.375. The molecule has 0 saturated carbocycles. The van der Waals surface area contributed by atoms with Gasteiger partial charge in [-0.1, -0.05) is 0 Å². The molecule has 66 valence electrons. The summed E-state index contributed by atoms with van der Waals surface area (Å²) in [7, 11) is 0. The van der Waals surface area contributed by atoms with Gasteiger partial charge in [0.15, 0.2) is 0 Å². The van der Waals surface area contributed by atoms with Crippen LogP contribution in [0.15, 0.2) is 18.5 Å². The zero-order valence-corrected chi connectivity index (χ0v) is 6.59. The lowest BCUT2D eigenvalue weighted by molar-refractivity contribution is -0.0563. The molecule has 0 amide bonds. The number of hydrogen-bond donors (Lipinski definition) is 1. The molecule has 0 aliphatic carbocycles. The monoisotopic (exact) mass is 173 g/mol. The summed E-state index contributed by atoms with van der Waals surface area (Å²) in [6.45, 7) is 0.375. The molecule has 0 saturated heterocycles. The van der Waals surface area contributed by atoms with E-state index >= 15 is 0 Å². The molecule has 0 spiro atoms. The van der Waals surface area contributed by atoms with E-state index in [2.05, 4.69) is 4.98 Å². The van der Waals surface area contributed by atoms with E-state index in [1.54, 1.807) is 6.92 Å². The van der Waals surface area contributed by atoms with Crippen LogP contribution in [0.3, 0.4) is 0 Å². The zero-order chi connectivity index (χ0) is 9.19. The Hall–Kier alpha value is -1.03. The van der Waals surface area contributed by atoms with Gasteiger partial charge < -0.3 is 5.11 Å². The standard InChI is InChI=1S/C8H9F2NO/c1-6-2-3-11-4-7(6)8(9,10)5-12/h2-4,12H,5H2,1H3. The van der Waals surface area contributed by atoms with E-state index in [0.717, 1.165) is 6.20 Å². The number of alkyl halides is 2. The summed E-state index contributed by atoms with van der Waals surface area (Å²) in [5, 5.41) is 8.39. The van der Waals surface area contributed by atoms with Crippen LogP contribution in [0.5, 0.6) is 0 Å². The van der Waals surface area contributed by atoms with Gasteiger partial charge in [-0.15, -0.1) is 0 Å². The molecule has 0 aliphatic rings.